The Hall–Kier alpha value is -1.31. The molecule has 7 nitrogen and oxygen atoms in total. The Kier molecular flexibility index (Phi) is 5.23. The van der Waals surface area contributed by atoms with Crippen LogP contribution in [-0.4, -0.2) is 61.6 Å². The quantitative estimate of drug-likeness (QED) is 0.818. The van der Waals surface area contributed by atoms with E-state index in [1.54, 1.807) is 25.7 Å². The van der Waals surface area contributed by atoms with E-state index in [0.717, 1.165) is 12.8 Å². The minimum Gasteiger partial charge on any atom is -0.444 e. The van der Waals surface area contributed by atoms with Crippen molar-refractivity contribution in [1.82, 2.24) is 10.2 Å². The number of hydrogen-bond donors (Lipinski definition) is 1. The first-order valence-corrected chi connectivity index (χ1v) is 9.86. The second kappa shape index (κ2) is 6.67. The molecule has 1 aliphatic heterocycles. The summed E-state index contributed by atoms with van der Waals surface area (Å²) >= 11 is 0. The Morgan fingerprint density at radius 1 is 1.26 bits per heavy atom. The van der Waals surface area contributed by atoms with Crippen molar-refractivity contribution < 1.29 is 22.7 Å². The predicted octanol–water partition coefficient (Wildman–Crippen LogP) is 0.937. The molecule has 2 fully saturated rings. The lowest BCUT2D eigenvalue weighted by molar-refractivity contribution is -0.133. The first-order chi connectivity index (χ1) is 10.6. The molecule has 132 valence electrons. The minimum atomic E-state index is -3.04. The summed E-state index contributed by atoms with van der Waals surface area (Å²) in [5.41, 5.74) is -0.577. The highest BCUT2D eigenvalue weighted by Crippen LogP contribution is 2.37. The van der Waals surface area contributed by atoms with Gasteiger partial charge >= 0.3 is 6.09 Å². The second-order valence-electron chi connectivity index (χ2n) is 7.28. The van der Waals surface area contributed by atoms with Gasteiger partial charge in [-0.2, -0.15) is 0 Å². The summed E-state index contributed by atoms with van der Waals surface area (Å²) in [5, 5.41) is 2.56. The molecule has 23 heavy (non-hydrogen) atoms. The third kappa shape index (κ3) is 5.67. The van der Waals surface area contributed by atoms with Crippen molar-refractivity contribution in [2.24, 2.45) is 5.92 Å². The number of carbonyl (C=O) groups is 2. The monoisotopic (exact) mass is 346 g/mol. The summed E-state index contributed by atoms with van der Waals surface area (Å²) in [5.74, 6) is 0.311. The van der Waals surface area contributed by atoms with Gasteiger partial charge in [0, 0.05) is 25.6 Å². The molecule has 0 spiro atoms. The maximum absolute atomic E-state index is 12.4. The summed E-state index contributed by atoms with van der Waals surface area (Å²) in [6.07, 6.45) is 1.58. The third-order valence-electron chi connectivity index (χ3n) is 3.96. The number of alkyl carbamates (subject to hydrolysis) is 1. The fraction of sp³-hybridized carbons (Fsp3) is 0.867. The lowest BCUT2D eigenvalue weighted by Gasteiger charge is -2.35. The van der Waals surface area contributed by atoms with E-state index in [2.05, 4.69) is 5.32 Å². The molecule has 2 amide bonds. The highest BCUT2D eigenvalue weighted by Gasteiger charge is 2.42. The van der Waals surface area contributed by atoms with Crippen LogP contribution in [0.5, 0.6) is 0 Å². The van der Waals surface area contributed by atoms with Crippen molar-refractivity contribution in [1.29, 1.82) is 0 Å². The van der Waals surface area contributed by atoms with E-state index < -0.39 is 21.5 Å². The van der Waals surface area contributed by atoms with Crippen molar-refractivity contribution in [2.75, 3.05) is 24.6 Å². The van der Waals surface area contributed by atoms with Gasteiger partial charge in [-0.15, -0.1) is 0 Å². The van der Waals surface area contributed by atoms with Crippen LogP contribution >= 0.6 is 0 Å². The van der Waals surface area contributed by atoms with E-state index >= 15 is 0 Å². The van der Waals surface area contributed by atoms with Crippen LogP contribution in [0, 0.1) is 5.92 Å². The molecule has 1 saturated carbocycles. The normalized spacial score (nSPS) is 24.1. The first-order valence-electron chi connectivity index (χ1n) is 8.04. The molecule has 2 rings (SSSR count). The van der Waals surface area contributed by atoms with E-state index in [-0.39, 0.29) is 43.0 Å². The first kappa shape index (κ1) is 18.0. The third-order valence-corrected chi connectivity index (χ3v) is 5.62. The molecule has 2 aliphatic rings. The molecule has 1 heterocycles. The topological polar surface area (TPSA) is 92.8 Å². The zero-order valence-corrected chi connectivity index (χ0v) is 14.8. The Bertz CT molecular complexity index is 563. The lowest BCUT2D eigenvalue weighted by atomic mass is 10.1. The zero-order valence-electron chi connectivity index (χ0n) is 14.0. The second-order valence-corrected chi connectivity index (χ2v) is 9.51. The fourth-order valence-corrected chi connectivity index (χ4v) is 4.36. The molecular weight excluding hydrogens is 320 g/mol. The van der Waals surface area contributed by atoms with Gasteiger partial charge in [-0.05, 0) is 39.5 Å². The Morgan fingerprint density at radius 2 is 1.91 bits per heavy atom. The number of ether oxygens (including phenoxy) is 1. The molecule has 1 unspecified atom stereocenters. The predicted molar refractivity (Wildman–Crippen MR) is 85.7 cm³/mol. The molecule has 8 heteroatoms. The van der Waals surface area contributed by atoms with Crippen LogP contribution in [-0.2, 0) is 19.4 Å². The summed E-state index contributed by atoms with van der Waals surface area (Å²) < 4.78 is 28.7. The van der Waals surface area contributed by atoms with Crippen molar-refractivity contribution in [3.63, 3.8) is 0 Å². The average Bonchev–Trinajstić information content (AvgIpc) is 3.19. The number of rotatable bonds is 4. The van der Waals surface area contributed by atoms with Crippen LogP contribution in [0.1, 0.15) is 40.0 Å². The number of nitrogens with one attached hydrogen (secondary N) is 1. The van der Waals surface area contributed by atoms with E-state index in [0.29, 0.717) is 5.92 Å². The molecule has 0 aromatic rings. The summed E-state index contributed by atoms with van der Waals surface area (Å²) in [6, 6.07) is -0.192. The maximum Gasteiger partial charge on any atom is 0.407 e. The largest absolute Gasteiger partial charge is 0.444 e. The molecule has 1 aliphatic carbocycles. The van der Waals surface area contributed by atoms with Crippen LogP contribution < -0.4 is 5.32 Å². The number of nitrogens with zero attached hydrogens (tertiary/aromatic N) is 1. The van der Waals surface area contributed by atoms with E-state index in [4.69, 9.17) is 4.74 Å². The van der Waals surface area contributed by atoms with Crippen molar-refractivity contribution in [2.45, 2.75) is 51.7 Å². The lowest BCUT2D eigenvalue weighted by Crippen LogP contribution is -2.52. The SMILES string of the molecule is CC(C)(C)OC(=O)NCCC(=O)N1CCS(=O)(=O)CC1C1CC1. The van der Waals surface area contributed by atoms with Crippen LogP contribution in [0.4, 0.5) is 4.79 Å². The smallest absolute Gasteiger partial charge is 0.407 e. The van der Waals surface area contributed by atoms with Gasteiger partial charge < -0.3 is 15.0 Å². The maximum atomic E-state index is 12.4. The molecule has 1 N–H and O–H groups in total. The number of sulfone groups is 1. The summed E-state index contributed by atoms with van der Waals surface area (Å²) in [6.45, 7) is 5.76. The highest BCUT2D eigenvalue weighted by molar-refractivity contribution is 7.91. The minimum absolute atomic E-state index is 0.0292. The molecule has 0 aromatic heterocycles. The van der Waals surface area contributed by atoms with Gasteiger partial charge in [0.2, 0.25) is 5.91 Å². The average molecular weight is 346 g/mol. The number of carbonyl (C=O) groups excluding carboxylic acids is 2. The van der Waals surface area contributed by atoms with Gasteiger partial charge in [-0.25, -0.2) is 13.2 Å². The van der Waals surface area contributed by atoms with Gasteiger partial charge in [0.15, 0.2) is 9.84 Å². The molecule has 1 atom stereocenters. The Morgan fingerprint density at radius 3 is 2.48 bits per heavy atom. The van der Waals surface area contributed by atoms with Crippen LogP contribution in [0.3, 0.4) is 0 Å². The van der Waals surface area contributed by atoms with E-state index in [1.165, 1.54) is 0 Å². The van der Waals surface area contributed by atoms with Gasteiger partial charge in [0.1, 0.15) is 5.60 Å². The molecule has 0 aromatic carbocycles. The number of hydrogen-bond acceptors (Lipinski definition) is 5. The standard InChI is InChI=1S/C15H26N2O5S/c1-15(2,3)22-14(19)16-7-6-13(18)17-8-9-23(20,21)10-12(17)11-4-5-11/h11-12H,4-10H2,1-3H3,(H,16,19). The van der Waals surface area contributed by atoms with Crippen LogP contribution in [0.25, 0.3) is 0 Å². The van der Waals surface area contributed by atoms with Crippen LogP contribution in [0.2, 0.25) is 0 Å². The molecule has 1 saturated heterocycles. The van der Waals surface area contributed by atoms with Gasteiger partial charge in [-0.1, -0.05) is 0 Å². The van der Waals surface area contributed by atoms with Gasteiger partial charge in [0.05, 0.1) is 11.5 Å². The van der Waals surface area contributed by atoms with Crippen molar-refractivity contribution in [3.8, 4) is 0 Å². The van der Waals surface area contributed by atoms with Crippen molar-refractivity contribution >= 4 is 21.8 Å². The Balaban J connectivity index is 1.82. The van der Waals surface area contributed by atoms with E-state index in [1.807, 2.05) is 0 Å². The molecule has 0 radical (unpaired) electrons. The molecule has 0 bridgehead atoms. The zero-order chi connectivity index (χ0) is 17.3. The van der Waals surface area contributed by atoms with Gasteiger partial charge in [-0.3, -0.25) is 4.79 Å². The summed E-state index contributed by atoms with van der Waals surface area (Å²) in [7, 11) is -3.04. The Labute approximate surface area is 137 Å². The van der Waals surface area contributed by atoms with E-state index in [9.17, 15) is 18.0 Å². The fourth-order valence-electron chi connectivity index (χ4n) is 2.75. The van der Waals surface area contributed by atoms with Crippen LogP contribution in [0.15, 0.2) is 0 Å². The summed E-state index contributed by atoms with van der Waals surface area (Å²) in [4.78, 5) is 25.6. The van der Waals surface area contributed by atoms with Gasteiger partial charge in [0.25, 0.3) is 0 Å². The number of amides is 2. The van der Waals surface area contributed by atoms with Crippen molar-refractivity contribution in [3.05, 3.63) is 0 Å². The highest BCUT2D eigenvalue weighted by atomic mass is 32.2. The molecular formula is C15H26N2O5S.